The van der Waals surface area contributed by atoms with Crippen molar-refractivity contribution in [2.24, 2.45) is 0 Å². The molecule has 2 aromatic heterocycles. The molecule has 0 bridgehead atoms. The van der Waals surface area contributed by atoms with Crippen molar-refractivity contribution in [3.05, 3.63) is 53.5 Å². The average Bonchev–Trinajstić information content (AvgIpc) is 3.10. The van der Waals surface area contributed by atoms with Crippen LogP contribution in [0, 0.1) is 6.92 Å². The van der Waals surface area contributed by atoms with Crippen LogP contribution in [0.3, 0.4) is 0 Å². The van der Waals surface area contributed by atoms with Gasteiger partial charge in [-0.05, 0) is 42.8 Å². The van der Waals surface area contributed by atoms with Crippen LogP contribution in [0.5, 0.6) is 0 Å². The second-order valence-electron chi connectivity index (χ2n) is 4.52. The molecule has 21 heavy (non-hydrogen) atoms. The van der Waals surface area contributed by atoms with E-state index >= 15 is 0 Å². The van der Waals surface area contributed by atoms with Gasteiger partial charge in [-0.1, -0.05) is 12.1 Å². The number of aromatic nitrogens is 2. The summed E-state index contributed by atoms with van der Waals surface area (Å²) >= 11 is 1.25. The van der Waals surface area contributed by atoms with Gasteiger partial charge in [-0.3, -0.25) is 9.82 Å². The molecule has 0 radical (unpaired) electrons. The van der Waals surface area contributed by atoms with Crippen LogP contribution < -0.4 is 4.72 Å². The number of nitrogens with zero attached hydrogens (tertiary/aromatic N) is 1. The summed E-state index contributed by atoms with van der Waals surface area (Å²) in [4.78, 5) is 0.963. The summed E-state index contributed by atoms with van der Waals surface area (Å²) in [6, 6.07) is 12.4. The minimum absolute atomic E-state index is 0.317. The molecule has 0 saturated heterocycles. The maximum absolute atomic E-state index is 12.2. The first-order valence-corrected chi connectivity index (χ1v) is 8.54. The first-order valence-electron chi connectivity index (χ1n) is 6.24. The number of rotatable bonds is 4. The van der Waals surface area contributed by atoms with Crippen molar-refractivity contribution < 1.29 is 8.42 Å². The van der Waals surface area contributed by atoms with Crippen molar-refractivity contribution in [2.45, 2.75) is 11.1 Å². The quantitative estimate of drug-likeness (QED) is 0.775. The summed E-state index contributed by atoms with van der Waals surface area (Å²) in [6.07, 6.45) is 1.67. The third-order valence-electron chi connectivity index (χ3n) is 2.93. The molecule has 0 spiro atoms. The van der Waals surface area contributed by atoms with Crippen LogP contribution in [0.2, 0.25) is 0 Å². The van der Waals surface area contributed by atoms with E-state index in [0.29, 0.717) is 9.90 Å². The topological polar surface area (TPSA) is 74.8 Å². The van der Waals surface area contributed by atoms with Gasteiger partial charge in [-0.25, -0.2) is 8.42 Å². The van der Waals surface area contributed by atoms with Crippen LogP contribution in [0.4, 0.5) is 5.69 Å². The van der Waals surface area contributed by atoms with Crippen LogP contribution >= 0.6 is 11.3 Å². The molecule has 1 aromatic carbocycles. The molecule has 108 valence electrons. The second-order valence-corrected chi connectivity index (χ2v) is 7.72. The number of nitrogens with one attached hydrogen (secondary N) is 2. The Morgan fingerprint density at radius 3 is 2.43 bits per heavy atom. The fraction of sp³-hybridized carbons (Fsp3) is 0.0714. The second kappa shape index (κ2) is 5.34. The van der Waals surface area contributed by atoms with Crippen molar-refractivity contribution in [3.63, 3.8) is 0 Å². The number of H-pyrrole nitrogens is 1. The number of aromatic amines is 1. The lowest BCUT2D eigenvalue weighted by molar-refractivity contribution is 0.603. The first kappa shape index (κ1) is 13.8. The smallest absolute Gasteiger partial charge is 0.271 e. The number of anilines is 1. The summed E-state index contributed by atoms with van der Waals surface area (Å²) in [5.41, 5.74) is 2.37. The van der Waals surface area contributed by atoms with E-state index in [1.807, 2.05) is 25.1 Å². The van der Waals surface area contributed by atoms with E-state index in [-0.39, 0.29) is 0 Å². The van der Waals surface area contributed by atoms with E-state index in [1.54, 1.807) is 30.5 Å². The van der Waals surface area contributed by atoms with Crippen molar-refractivity contribution in [2.75, 3.05) is 4.72 Å². The van der Waals surface area contributed by atoms with Crippen molar-refractivity contribution in [1.82, 2.24) is 10.2 Å². The van der Waals surface area contributed by atoms with E-state index in [2.05, 4.69) is 14.9 Å². The van der Waals surface area contributed by atoms with Gasteiger partial charge in [-0.15, -0.1) is 11.3 Å². The van der Waals surface area contributed by atoms with Gasteiger partial charge in [-0.2, -0.15) is 5.10 Å². The average molecular weight is 319 g/mol. The highest BCUT2D eigenvalue weighted by atomic mass is 32.2. The molecule has 0 fully saturated rings. The van der Waals surface area contributed by atoms with Gasteiger partial charge in [0.25, 0.3) is 10.0 Å². The predicted octanol–water partition coefficient (Wildman–Crippen LogP) is 3.25. The summed E-state index contributed by atoms with van der Waals surface area (Å²) < 4.78 is 27.3. The van der Waals surface area contributed by atoms with Gasteiger partial charge < -0.3 is 0 Å². The Balaban J connectivity index is 1.82. The molecule has 0 aliphatic carbocycles. The molecule has 0 unspecified atom stereocenters. The standard InChI is InChI=1S/C14H13N3O2S2/c1-10-2-7-14(20-10)21(18,19)17-12-5-3-11(4-6-12)13-8-9-15-16-13/h2-9,17H,1H3,(H,15,16). The number of aryl methyl sites for hydroxylation is 1. The van der Waals surface area contributed by atoms with Crippen LogP contribution in [-0.4, -0.2) is 18.6 Å². The molecule has 2 heterocycles. The number of sulfonamides is 1. The molecular weight excluding hydrogens is 306 g/mol. The van der Waals surface area contributed by atoms with Gasteiger partial charge in [0.2, 0.25) is 0 Å². The molecule has 5 nitrogen and oxygen atoms in total. The predicted molar refractivity (Wildman–Crippen MR) is 83.9 cm³/mol. The SMILES string of the molecule is Cc1ccc(S(=O)(=O)Nc2ccc(-c3ccn[nH]3)cc2)s1. The van der Waals surface area contributed by atoms with Gasteiger partial charge in [0.05, 0.1) is 5.69 Å². The van der Waals surface area contributed by atoms with Gasteiger partial charge >= 0.3 is 0 Å². The van der Waals surface area contributed by atoms with Crippen LogP contribution in [0.25, 0.3) is 11.3 Å². The van der Waals surface area contributed by atoms with Crippen molar-refractivity contribution in [3.8, 4) is 11.3 Å². The van der Waals surface area contributed by atoms with Crippen LogP contribution in [0.1, 0.15) is 4.88 Å². The van der Waals surface area contributed by atoms with E-state index in [0.717, 1.165) is 16.1 Å². The zero-order valence-corrected chi connectivity index (χ0v) is 12.8. The lowest BCUT2D eigenvalue weighted by Crippen LogP contribution is -2.11. The molecule has 0 amide bonds. The molecule has 3 aromatic rings. The Morgan fingerprint density at radius 2 is 1.86 bits per heavy atom. The molecule has 0 saturated carbocycles. The van der Waals surface area contributed by atoms with E-state index in [1.165, 1.54) is 11.3 Å². The minimum atomic E-state index is -3.51. The summed E-state index contributed by atoms with van der Waals surface area (Å²) in [6.45, 7) is 1.88. The number of hydrogen-bond donors (Lipinski definition) is 2. The Labute approximate surface area is 126 Å². The third kappa shape index (κ3) is 2.98. The first-order chi connectivity index (χ1) is 10.0. The number of hydrogen-bond acceptors (Lipinski definition) is 4. The molecule has 0 aliphatic heterocycles. The highest BCUT2D eigenvalue weighted by Crippen LogP contribution is 2.24. The highest BCUT2D eigenvalue weighted by molar-refractivity contribution is 7.94. The van der Waals surface area contributed by atoms with Crippen LogP contribution in [0.15, 0.2) is 52.9 Å². The fourth-order valence-electron chi connectivity index (χ4n) is 1.90. The zero-order chi connectivity index (χ0) is 14.9. The molecule has 3 rings (SSSR count). The summed E-state index contributed by atoms with van der Waals surface area (Å²) in [7, 11) is -3.51. The highest BCUT2D eigenvalue weighted by Gasteiger charge is 2.16. The lowest BCUT2D eigenvalue weighted by atomic mass is 10.1. The van der Waals surface area contributed by atoms with Gasteiger partial charge in [0.1, 0.15) is 4.21 Å². The third-order valence-corrected chi connectivity index (χ3v) is 5.80. The van der Waals surface area contributed by atoms with E-state index in [4.69, 9.17) is 0 Å². The largest absolute Gasteiger partial charge is 0.279 e. The molecule has 7 heteroatoms. The molecule has 0 aliphatic rings. The normalized spacial score (nSPS) is 11.5. The molecule has 2 N–H and O–H groups in total. The maximum Gasteiger partial charge on any atom is 0.271 e. The molecule has 0 atom stereocenters. The maximum atomic E-state index is 12.2. The lowest BCUT2D eigenvalue weighted by Gasteiger charge is -2.06. The Hall–Kier alpha value is -2.12. The Kier molecular flexibility index (Phi) is 3.52. The van der Waals surface area contributed by atoms with Crippen molar-refractivity contribution in [1.29, 1.82) is 0 Å². The minimum Gasteiger partial charge on any atom is -0.279 e. The summed E-state index contributed by atoms with van der Waals surface area (Å²) in [5, 5.41) is 6.75. The Bertz CT molecular complexity index is 835. The van der Waals surface area contributed by atoms with Gasteiger partial charge in [0.15, 0.2) is 0 Å². The van der Waals surface area contributed by atoms with Crippen LogP contribution in [-0.2, 0) is 10.0 Å². The molecular formula is C14H13N3O2S2. The van der Waals surface area contributed by atoms with E-state index < -0.39 is 10.0 Å². The number of thiophene rings is 1. The summed E-state index contributed by atoms with van der Waals surface area (Å²) in [5.74, 6) is 0. The monoisotopic (exact) mass is 319 g/mol. The fourth-order valence-corrected chi connectivity index (χ4v) is 4.24. The van der Waals surface area contributed by atoms with Gasteiger partial charge in [0, 0.05) is 16.8 Å². The van der Waals surface area contributed by atoms with Crippen molar-refractivity contribution >= 4 is 27.0 Å². The Morgan fingerprint density at radius 1 is 1.10 bits per heavy atom. The number of benzene rings is 1. The zero-order valence-electron chi connectivity index (χ0n) is 11.2. The van der Waals surface area contributed by atoms with E-state index in [9.17, 15) is 8.42 Å².